The number of para-hydroxylation sites is 1. The van der Waals surface area contributed by atoms with Gasteiger partial charge in [0.1, 0.15) is 5.75 Å². The number of alkyl halides is 3. The van der Waals surface area contributed by atoms with Crippen molar-refractivity contribution in [2.24, 2.45) is 5.92 Å². The number of hydrogen-bond acceptors (Lipinski definition) is 2. The normalized spacial score (nSPS) is 11.9. The molecule has 0 aromatic heterocycles. The second kappa shape index (κ2) is 7.88. The summed E-state index contributed by atoms with van der Waals surface area (Å²) in [4.78, 5) is 0. The maximum absolute atomic E-state index is 12.1. The van der Waals surface area contributed by atoms with Crippen LogP contribution in [0.3, 0.4) is 0 Å². The van der Waals surface area contributed by atoms with Crippen molar-refractivity contribution in [2.45, 2.75) is 33.0 Å². The van der Waals surface area contributed by atoms with Gasteiger partial charge in [0, 0.05) is 12.1 Å². The summed E-state index contributed by atoms with van der Waals surface area (Å²) in [5.74, 6) is 0.991. The fraction of sp³-hybridized carbons (Fsp3) is 0.571. The Labute approximate surface area is 125 Å². The maximum Gasteiger partial charge on any atom is 0.392 e. The Hall–Kier alpha value is -0.750. The van der Waals surface area contributed by atoms with Gasteiger partial charge in [-0.05, 0) is 34.5 Å². The van der Waals surface area contributed by atoms with Crippen LogP contribution in [-0.2, 0) is 6.54 Å². The second-order valence-corrected chi connectivity index (χ2v) is 5.82. The minimum absolute atomic E-state index is 0.372. The van der Waals surface area contributed by atoms with E-state index in [1.54, 1.807) is 6.07 Å². The van der Waals surface area contributed by atoms with Gasteiger partial charge in [0.2, 0.25) is 0 Å². The number of nitrogens with one attached hydrogen (secondary N) is 1. The van der Waals surface area contributed by atoms with E-state index in [4.69, 9.17) is 4.74 Å². The average Bonchev–Trinajstić information content (AvgIpc) is 2.30. The van der Waals surface area contributed by atoms with Crippen molar-refractivity contribution in [3.8, 4) is 5.75 Å². The Bertz CT molecular complexity index is 421. The van der Waals surface area contributed by atoms with E-state index in [9.17, 15) is 13.2 Å². The molecule has 1 aromatic carbocycles. The molecule has 0 bridgehead atoms. The number of ether oxygens (including phenoxy) is 1. The summed E-state index contributed by atoms with van der Waals surface area (Å²) in [6.07, 6.45) is -5.15. The van der Waals surface area contributed by atoms with Crippen molar-refractivity contribution in [3.05, 3.63) is 28.2 Å². The highest BCUT2D eigenvalue weighted by Gasteiger charge is 2.27. The van der Waals surface area contributed by atoms with E-state index in [0.717, 1.165) is 12.1 Å². The van der Waals surface area contributed by atoms with Crippen LogP contribution < -0.4 is 10.1 Å². The predicted molar refractivity (Wildman–Crippen MR) is 76.9 cm³/mol. The minimum Gasteiger partial charge on any atom is -0.492 e. The zero-order valence-electron chi connectivity index (χ0n) is 11.6. The van der Waals surface area contributed by atoms with Crippen LogP contribution in [0.25, 0.3) is 0 Å². The van der Waals surface area contributed by atoms with Gasteiger partial charge >= 0.3 is 6.18 Å². The molecule has 1 rings (SSSR count). The quantitative estimate of drug-likeness (QED) is 0.777. The van der Waals surface area contributed by atoms with Crippen molar-refractivity contribution >= 4 is 15.9 Å². The molecule has 0 aliphatic heterocycles. The minimum atomic E-state index is -4.20. The van der Waals surface area contributed by atoms with Gasteiger partial charge in [-0.15, -0.1) is 0 Å². The first kappa shape index (κ1) is 17.3. The molecule has 6 heteroatoms. The molecule has 0 aliphatic rings. The second-order valence-electron chi connectivity index (χ2n) is 4.97. The Morgan fingerprint density at radius 3 is 2.60 bits per heavy atom. The molecule has 114 valence electrons. The van der Waals surface area contributed by atoms with Crippen LogP contribution in [0.2, 0.25) is 0 Å². The van der Waals surface area contributed by atoms with E-state index in [-0.39, 0.29) is 6.61 Å². The molecule has 2 nitrogen and oxygen atoms in total. The Morgan fingerprint density at radius 1 is 1.30 bits per heavy atom. The van der Waals surface area contributed by atoms with E-state index in [1.165, 1.54) is 0 Å². The lowest BCUT2D eigenvalue weighted by molar-refractivity contribution is -0.139. The van der Waals surface area contributed by atoms with Gasteiger partial charge in [0.15, 0.2) is 0 Å². The number of rotatable bonds is 7. The van der Waals surface area contributed by atoms with Crippen LogP contribution in [0.5, 0.6) is 5.75 Å². The van der Waals surface area contributed by atoms with E-state index in [0.29, 0.717) is 22.7 Å². The molecular weight excluding hydrogens is 335 g/mol. The first-order valence-corrected chi connectivity index (χ1v) is 7.26. The SMILES string of the molecule is CC(C)CNCc1cccc(Br)c1OCCC(F)(F)F. The van der Waals surface area contributed by atoms with E-state index in [2.05, 4.69) is 35.1 Å². The first-order valence-electron chi connectivity index (χ1n) is 6.47. The number of hydrogen-bond donors (Lipinski definition) is 1. The van der Waals surface area contributed by atoms with Crippen LogP contribution in [0, 0.1) is 5.92 Å². The first-order chi connectivity index (χ1) is 9.29. The van der Waals surface area contributed by atoms with Crippen LogP contribution >= 0.6 is 15.9 Å². The summed E-state index contributed by atoms with van der Waals surface area (Å²) in [7, 11) is 0. The highest BCUT2D eigenvalue weighted by molar-refractivity contribution is 9.10. The molecule has 1 N–H and O–H groups in total. The Balaban J connectivity index is 2.63. The Morgan fingerprint density at radius 2 is 2.00 bits per heavy atom. The van der Waals surface area contributed by atoms with Gasteiger partial charge < -0.3 is 10.1 Å². The van der Waals surface area contributed by atoms with Crippen molar-refractivity contribution in [1.82, 2.24) is 5.32 Å². The molecule has 1 aromatic rings. The fourth-order valence-corrected chi connectivity index (χ4v) is 2.14. The average molecular weight is 354 g/mol. The third-order valence-corrected chi connectivity index (χ3v) is 3.17. The predicted octanol–water partition coefficient (Wildman–Crippen LogP) is 4.53. The Kier molecular flexibility index (Phi) is 6.82. The molecule has 0 aliphatic carbocycles. The van der Waals surface area contributed by atoms with Crippen LogP contribution in [0.15, 0.2) is 22.7 Å². The largest absolute Gasteiger partial charge is 0.492 e. The monoisotopic (exact) mass is 353 g/mol. The molecule has 0 saturated carbocycles. The van der Waals surface area contributed by atoms with Gasteiger partial charge in [-0.3, -0.25) is 0 Å². The third kappa shape index (κ3) is 6.61. The molecule has 0 atom stereocenters. The molecule has 0 radical (unpaired) electrons. The molecule has 0 spiro atoms. The highest BCUT2D eigenvalue weighted by Crippen LogP contribution is 2.30. The summed E-state index contributed by atoms with van der Waals surface area (Å²) >= 11 is 3.31. The summed E-state index contributed by atoms with van der Waals surface area (Å²) in [5, 5.41) is 3.25. The van der Waals surface area contributed by atoms with Crippen LogP contribution in [-0.4, -0.2) is 19.3 Å². The van der Waals surface area contributed by atoms with E-state index < -0.39 is 12.6 Å². The summed E-state index contributed by atoms with van der Waals surface area (Å²) in [5.41, 5.74) is 0.849. The van der Waals surface area contributed by atoms with Crippen molar-refractivity contribution < 1.29 is 17.9 Å². The molecule has 20 heavy (non-hydrogen) atoms. The van der Waals surface area contributed by atoms with Crippen molar-refractivity contribution in [2.75, 3.05) is 13.2 Å². The van der Waals surface area contributed by atoms with E-state index in [1.807, 2.05) is 12.1 Å². The van der Waals surface area contributed by atoms with Crippen molar-refractivity contribution in [3.63, 3.8) is 0 Å². The molecule has 0 saturated heterocycles. The smallest absolute Gasteiger partial charge is 0.392 e. The lowest BCUT2D eigenvalue weighted by Gasteiger charge is -2.15. The number of halogens is 4. The molecule has 0 unspecified atom stereocenters. The van der Waals surface area contributed by atoms with Gasteiger partial charge in [0.05, 0.1) is 17.5 Å². The molecule has 0 amide bonds. The lowest BCUT2D eigenvalue weighted by Crippen LogP contribution is -2.20. The van der Waals surface area contributed by atoms with E-state index >= 15 is 0 Å². The van der Waals surface area contributed by atoms with Crippen LogP contribution in [0.1, 0.15) is 25.8 Å². The van der Waals surface area contributed by atoms with Crippen LogP contribution in [0.4, 0.5) is 13.2 Å². The topological polar surface area (TPSA) is 21.3 Å². The van der Waals surface area contributed by atoms with Gasteiger partial charge in [-0.2, -0.15) is 13.2 Å². The zero-order valence-corrected chi connectivity index (χ0v) is 13.1. The summed E-state index contributed by atoms with van der Waals surface area (Å²) in [6.45, 7) is 5.22. The van der Waals surface area contributed by atoms with Gasteiger partial charge in [-0.1, -0.05) is 26.0 Å². The lowest BCUT2D eigenvalue weighted by atomic mass is 10.2. The zero-order chi connectivity index (χ0) is 15.2. The van der Waals surface area contributed by atoms with Gasteiger partial charge in [0.25, 0.3) is 0 Å². The fourth-order valence-electron chi connectivity index (χ4n) is 1.62. The molecule has 0 heterocycles. The van der Waals surface area contributed by atoms with Crippen molar-refractivity contribution in [1.29, 1.82) is 0 Å². The molecule has 0 fully saturated rings. The number of benzene rings is 1. The third-order valence-electron chi connectivity index (χ3n) is 2.55. The summed E-state index contributed by atoms with van der Waals surface area (Å²) < 4.78 is 42.4. The summed E-state index contributed by atoms with van der Waals surface area (Å²) in [6, 6.07) is 5.45. The highest BCUT2D eigenvalue weighted by atomic mass is 79.9. The standard InChI is InChI=1S/C14H19BrF3NO/c1-10(2)8-19-9-11-4-3-5-12(15)13(11)20-7-6-14(16,17)18/h3-5,10,19H,6-9H2,1-2H3. The van der Waals surface area contributed by atoms with Gasteiger partial charge in [-0.25, -0.2) is 0 Å². The molecular formula is C14H19BrF3NO. The maximum atomic E-state index is 12.1.